The number of carbonyl (C=O) groups is 2. The van der Waals surface area contributed by atoms with Gasteiger partial charge in [-0.05, 0) is 42.3 Å². The van der Waals surface area contributed by atoms with E-state index < -0.39 is 12.1 Å². The van der Waals surface area contributed by atoms with Gasteiger partial charge in [-0.15, -0.1) is 0 Å². The summed E-state index contributed by atoms with van der Waals surface area (Å²) in [7, 11) is 0. The van der Waals surface area contributed by atoms with Gasteiger partial charge in [0.2, 0.25) is 5.91 Å². The van der Waals surface area contributed by atoms with E-state index in [-0.39, 0.29) is 11.8 Å². The molecule has 2 rings (SSSR count). The minimum Gasteiger partial charge on any atom is -0.326 e. The molecule has 2 aromatic carbocycles. The summed E-state index contributed by atoms with van der Waals surface area (Å²) in [6.07, 6.45) is 0. The van der Waals surface area contributed by atoms with Crippen LogP contribution in [0.4, 0.5) is 16.2 Å². The minimum atomic E-state index is -0.641. The molecule has 3 amide bonds. The van der Waals surface area contributed by atoms with Crippen LogP contribution >= 0.6 is 15.9 Å². The molecule has 5 nitrogen and oxygen atoms in total. The fourth-order valence-corrected chi connectivity index (χ4v) is 2.38. The molecule has 1 atom stereocenters. The average Bonchev–Trinajstić information content (AvgIpc) is 2.55. The molecule has 0 saturated carbocycles. The standard InChI is InChI=1S/C18H20BrN3O2/c1-12(2)16(17(23)20-15-10-8-13(19)9-11-15)22-18(24)21-14-6-4-3-5-7-14/h3-12,16H,1-2H3,(H,20,23)(H2,21,22,24). The van der Waals surface area contributed by atoms with Crippen LogP contribution in [0.25, 0.3) is 0 Å². The van der Waals surface area contributed by atoms with Crippen LogP contribution in [0, 0.1) is 5.92 Å². The highest BCUT2D eigenvalue weighted by atomic mass is 79.9. The van der Waals surface area contributed by atoms with Crippen molar-refractivity contribution in [2.45, 2.75) is 19.9 Å². The Morgan fingerprint density at radius 1 is 0.875 bits per heavy atom. The van der Waals surface area contributed by atoms with Gasteiger partial charge in [-0.3, -0.25) is 4.79 Å². The zero-order valence-corrected chi connectivity index (χ0v) is 15.1. The van der Waals surface area contributed by atoms with Gasteiger partial charge in [0.05, 0.1) is 0 Å². The van der Waals surface area contributed by atoms with Crippen LogP contribution in [0.1, 0.15) is 13.8 Å². The predicted molar refractivity (Wildman–Crippen MR) is 100.0 cm³/mol. The van der Waals surface area contributed by atoms with Gasteiger partial charge in [-0.2, -0.15) is 0 Å². The first-order valence-corrected chi connectivity index (χ1v) is 8.44. The Hall–Kier alpha value is -2.34. The zero-order chi connectivity index (χ0) is 17.5. The van der Waals surface area contributed by atoms with Gasteiger partial charge in [0.1, 0.15) is 6.04 Å². The Labute approximate surface area is 150 Å². The highest BCUT2D eigenvalue weighted by molar-refractivity contribution is 9.10. The summed E-state index contributed by atoms with van der Waals surface area (Å²) >= 11 is 3.35. The van der Waals surface area contributed by atoms with Crippen molar-refractivity contribution in [2.75, 3.05) is 10.6 Å². The molecular formula is C18H20BrN3O2. The van der Waals surface area contributed by atoms with E-state index in [9.17, 15) is 9.59 Å². The largest absolute Gasteiger partial charge is 0.326 e. The average molecular weight is 390 g/mol. The van der Waals surface area contributed by atoms with E-state index in [1.54, 1.807) is 24.3 Å². The molecule has 0 bridgehead atoms. The van der Waals surface area contributed by atoms with Crippen molar-refractivity contribution in [3.63, 3.8) is 0 Å². The molecule has 0 aliphatic heterocycles. The summed E-state index contributed by atoms with van der Waals surface area (Å²) in [5.74, 6) is -0.308. The molecule has 1 unspecified atom stereocenters. The van der Waals surface area contributed by atoms with Crippen LogP contribution in [0.2, 0.25) is 0 Å². The molecule has 0 heterocycles. The lowest BCUT2D eigenvalue weighted by Gasteiger charge is -2.22. The van der Waals surface area contributed by atoms with E-state index in [1.807, 2.05) is 44.2 Å². The lowest BCUT2D eigenvalue weighted by Crippen LogP contribution is -2.48. The fraction of sp³-hybridized carbons (Fsp3) is 0.222. The molecule has 3 N–H and O–H groups in total. The number of benzene rings is 2. The molecular weight excluding hydrogens is 370 g/mol. The lowest BCUT2D eigenvalue weighted by molar-refractivity contribution is -0.118. The highest BCUT2D eigenvalue weighted by Crippen LogP contribution is 2.15. The Bertz CT molecular complexity index is 687. The summed E-state index contributed by atoms with van der Waals surface area (Å²) in [4.78, 5) is 24.6. The zero-order valence-electron chi connectivity index (χ0n) is 13.5. The van der Waals surface area contributed by atoms with Crippen molar-refractivity contribution in [3.05, 3.63) is 59.1 Å². The molecule has 0 radical (unpaired) electrons. The van der Waals surface area contributed by atoms with Crippen molar-refractivity contribution in [1.82, 2.24) is 5.32 Å². The van der Waals surface area contributed by atoms with Crippen LogP contribution in [-0.4, -0.2) is 18.0 Å². The lowest BCUT2D eigenvalue weighted by atomic mass is 10.0. The van der Waals surface area contributed by atoms with E-state index in [1.165, 1.54) is 0 Å². The second-order valence-corrected chi connectivity index (χ2v) is 6.60. The molecule has 2 aromatic rings. The normalized spacial score (nSPS) is 11.7. The monoisotopic (exact) mass is 389 g/mol. The smallest absolute Gasteiger partial charge is 0.319 e. The van der Waals surface area contributed by atoms with Crippen molar-refractivity contribution in [3.8, 4) is 0 Å². The van der Waals surface area contributed by atoms with Gasteiger partial charge in [0.15, 0.2) is 0 Å². The third-order valence-electron chi connectivity index (χ3n) is 3.38. The minimum absolute atomic E-state index is 0.0537. The number of halogens is 1. The number of hydrogen-bond donors (Lipinski definition) is 3. The molecule has 126 valence electrons. The molecule has 0 spiro atoms. The van der Waals surface area contributed by atoms with Gasteiger partial charge in [0, 0.05) is 15.8 Å². The SMILES string of the molecule is CC(C)C(NC(=O)Nc1ccccc1)C(=O)Nc1ccc(Br)cc1. The second kappa shape index (κ2) is 8.49. The first kappa shape index (κ1) is 18.0. The quantitative estimate of drug-likeness (QED) is 0.715. The van der Waals surface area contributed by atoms with Crippen molar-refractivity contribution in [1.29, 1.82) is 0 Å². The van der Waals surface area contributed by atoms with Crippen LogP contribution in [0.15, 0.2) is 59.1 Å². The maximum atomic E-state index is 12.5. The van der Waals surface area contributed by atoms with Crippen LogP contribution in [-0.2, 0) is 4.79 Å². The van der Waals surface area contributed by atoms with Gasteiger partial charge in [-0.25, -0.2) is 4.79 Å². The summed E-state index contributed by atoms with van der Waals surface area (Å²) in [5.41, 5.74) is 1.35. The maximum Gasteiger partial charge on any atom is 0.319 e. The molecule has 0 aliphatic rings. The number of para-hydroxylation sites is 1. The van der Waals surface area contributed by atoms with Gasteiger partial charge >= 0.3 is 6.03 Å². The predicted octanol–water partition coefficient (Wildman–Crippen LogP) is 4.23. The van der Waals surface area contributed by atoms with E-state index in [2.05, 4.69) is 31.9 Å². The van der Waals surface area contributed by atoms with Crippen molar-refractivity contribution >= 4 is 39.2 Å². The van der Waals surface area contributed by atoms with E-state index >= 15 is 0 Å². The Kier molecular flexibility index (Phi) is 6.37. The van der Waals surface area contributed by atoms with Crippen LogP contribution in [0.5, 0.6) is 0 Å². The topological polar surface area (TPSA) is 70.2 Å². The number of nitrogens with one attached hydrogen (secondary N) is 3. The Morgan fingerprint density at radius 3 is 2.04 bits per heavy atom. The van der Waals surface area contributed by atoms with Gasteiger partial charge < -0.3 is 16.0 Å². The summed E-state index contributed by atoms with van der Waals surface area (Å²) in [6, 6.07) is 15.3. The van der Waals surface area contributed by atoms with Gasteiger partial charge in [-0.1, -0.05) is 48.0 Å². The molecule has 6 heteroatoms. The number of anilines is 2. The number of hydrogen-bond acceptors (Lipinski definition) is 2. The number of carbonyl (C=O) groups excluding carboxylic acids is 2. The summed E-state index contributed by atoms with van der Waals surface area (Å²) in [5, 5.41) is 8.26. The molecule has 0 aliphatic carbocycles. The van der Waals surface area contributed by atoms with Crippen molar-refractivity contribution in [2.24, 2.45) is 5.92 Å². The first-order valence-electron chi connectivity index (χ1n) is 7.64. The van der Waals surface area contributed by atoms with E-state index in [0.717, 1.165) is 4.47 Å². The molecule has 24 heavy (non-hydrogen) atoms. The number of urea groups is 1. The third kappa shape index (κ3) is 5.38. The Balaban J connectivity index is 1.98. The summed E-state index contributed by atoms with van der Waals surface area (Å²) < 4.78 is 0.932. The molecule has 0 fully saturated rings. The van der Waals surface area contributed by atoms with E-state index in [0.29, 0.717) is 11.4 Å². The molecule has 0 saturated heterocycles. The third-order valence-corrected chi connectivity index (χ3v) is 3.91. The first-order chi connectivity index (χ1) is 11.5. The number of rotatable bonds is 5. The maximum absolute atomic E-state index is 12.5. The van der Waals surface area contributed by atoms with Crippen LogP contribution in [0.3, 0.4) is 0 Å². The van der Waals surface area contributed by atoms with Crippen LogP contribution < -0.4 is 16.0 Å². The highest BCUT2D eigenvalue weighted by Gasteiger charge is 2.24. The Morgan fingerprint density at radius 2 is 1.46 bits per heavy atom. The van der Waals surface area contributed by atoms with E-state index in [4.69, 9.17) is 0 Å². The molecule has 0 aromatic heterocycles. The second-order valence-electron chi connectivity index (χ2n) is 5.68. The van der Waals surface area contributed by atoms with Gasteiger partial charge in [0.25, 0.3) is 0 Å². The fourth-order valence-electron chi connectivity index (χ4n) is 2.12. The number of amides is 3. The summed E-state index contributed by atoms with van der Waals surface area (Å²) in [6.45, 7) is 3.77. The van der Waals surface area contributed by atoms with Crippen molar-refractivity contribution < 1.29 is 9.59 Å².